The van der Waals surface area contributed by atoms with Gasteiger partial charge in [0.1, 0.15) is 0 Å². The van der Waals surface area contributed by atoms with Crippen LogP contribution in [0.15, 0.2) is 328 Å². The second-order valence-corrected chi connectivity index (χ2v) is 21.7. The van der Waals surface area contributed by atoms with Gasteiger partial charge in [-0.05, 0) is 150 Å². The van der Waals surface area contributed by atoms with E-state index in [1.165, 1.54) is 43.6 Å². The molecular formula is C80H54N6. The van der Waals surface area contributed by atoms with E-state index in [0.717, 1.165) is 101 Å². The van der Waals surface area contributed by atoms with Crippen LogP contribution in [0.5, 0.6) is 0 Å². The minimum Gasteiger partial charge on any atom is -0.311 e. The summed E-state index contributed by atoms with van der Waals surface area (Å²) in [4.78, 5) is 15.9. The van der Waals surface area contributed by atoms with E-state index in [0.29, 0.717) is 0 Å². The monoisotopic (exact) mass is 1100 g/mol. The van der Waals surface area contributed by atoms with Crippen molar-refractivity contribution >= 4 is 88.8 Å². The maximum Gasteiger partial charge on any atom is 0.0973 e. The fourth-order valence-electron chi connectivity index (χ4n) is 12.7. The highest BCUT2D eigenvalue weighted by Gasteiger charge is 2.21. The van der Waals surface area contributed by atoms with Crippen LogP contribution >= 0.6 is 0 Å². The summed E-state index contributed by atoms with van der Waals surface area (Å²) in [6.45, 7) is 0. The third kappa shape index (κ3) is 8.83. The minimum atomic E-state index is 0.797. The van der Waals surface area contributed by atoms with Crippen LogP contribution in [-0.2, 0) is 0 Å². The van der Waals surface area contributed by atoms with Crippen LogP contribution in [0.4, 0.5) is 34.1 Å². The quantitative estimate of drug-likeness (QED) is 0.122. The van der Waals surface area contributed by atoms with Crippen LogP contribution < -0.4 is 9.80 Å². The fraction of sp³-hybridized carbons (Fsp3) is 0. The van der Waals surface area contributed by atoms with Gasteiger partial charge in [-0.2, -0.15) is 0 Å². The lowest BCUT2D eigenvalue weighted by atomic mass is 9.97. The van der Waals surface area contributed by atoms with Gasteiger partial charge in [-0.25, -0.2) is 9.97 Å². The van der Waals surface area contributed by atoms with E-state index in [9.17, 15) is 0 Å². The van der Waals surface area contributed by atoms with E-state index in [1.807, 2.05) is 0 Å². The second kappa shape index (κ2) is 21.3. The van der Waals surface area contributed by atoms with Gasteiger partial charge in [-0.3, -0.25) is 0 Å². The number of fused-ring (bicyclic) bond motifs is 7. The van der Waals surface area contributed by atoms with Crippen LogP contribution in [0.3, 0.4) is 0 Å². The van der Waals surface area contributed by atoms with Crippen LogP contribution in [0, 0.1) is 0 Å². The maximum absolute atomic E-state index is 5.70. The average Bonchev–Trinajstić information content (AvgIpc) is 2.07. The molecule has 0 unspecified atom stereocenters. The summed E-state index contributed by atoms with van der Waals surface area (Å²) in [5.74, 6) is 0. The third-order valence-corrected chi connectivity index (χ3v) is 16.7. The molecule has 0 aliphatic rings. The molecule has 3 heterocycles. The van der Waals surface area contributed by atoms with Gasteiger partial charge in [0.2, 0.25) is 0 Å². The number of hydrogen-bond donors (Lipinski definition) is 0. The SMILES string of the molecule is c1ccc(-c2cccc(-c3cccc4nc(-c5ccc(N(c6ccccc6)c6ccc(-n7c8ccccc8c8ccccc87)cc6)cc5)c(-c5ccc(N(c6ccccc6)c6ccc(-n7c8ccccc8c8ccccc87)cc6)cc5)nc34)c2)cc1. The van der Waals surface area contributed by atoms with Gasteiger partial charge < -0.3 is 18.9 Å². The van der Waals surface area contributed by atoms with E-state index in [4.69, 9.17) is 9.97 Å². The smallest absolute Gasteiger partial charge is 0.0973 e. The Morgan fingerprint density at radius 2 is 0.570 bits per heavy atom. The molecular weight excluding hydrogens is 1040 g/mol. The molecule has 6 nitrogen and oxygen atoms in total. The first-order valence-electron chi connectivity index (χ1n) is 29.2. The summed E-state index contributed by atoms with van der Waals surface area (Å²) in [5, 5.41) is 4.97. The van der Waals surface area contributed by atoms with Crippen molar-refractivity contribution in [2.24, 2.45) is 0 Å². The predicted octanol–water partition coefficient (Wildman–Crippen LogP) is 21.4. The summed E-state index contributed by atoms with van der Waals surface area (Å²) in [6.07, 6.45) is 0. The number of para-hydroxylation sites is 7. The van der Waals surface area contributed by atoms with Crippen molar-refractivity contribution in [1.29, 1.82) is 0 Å². The molecule has 0 atom stereocenters. The fourth-order valence-corrected chi connectivity index (χ4v) is 12.7. The zero-order valence-electron chi connectivity index (χ0n) is 46.9. The normalized spacial score (nSPS) is 11.5. The van der Waals surface area contributed by atoms with Gasteiger partial charge in [0.25, 0.3) is 0 Å². The number of rotatable bonds is 12. The second-order valence-electron chi connectivity index (χ2n) is 21.7. The Labute approximate surface area is 498 Å². The Morgan fingerprint density at radius 3 is 1.01 bits per heavy atom. The Hall–Kier alpha value is -11.6. The van der Waals surface area contributed by atoms with E-state index >= 15 is 0 Å². The highest BCUT2D eigenvalue weighted by atomic mass is 15.1. The highest BCUT2D eigenvalue weighted by Crippen LogP contribution is 2.43. The molecule has 0 aliphatic carbocycles. The van der Waals surface area contributed by atoms with Crippen molar-refractivity contribution < 1.29 is 0 Å². The largest absolute Gasteiger partial charge is 0.311 e. The first-order valence-corrected chi connectivity index (χ1v) is 29.2. The zero-order chi connectivity index (χ0) is 56.9. The van der Waals surface area contributed by atoms with E-state index in [2.05, 4.69) is 347 Å². The lowest BCUT2D eigenvalue weighted by Crippen LogP contribution is -2.10. The molecule has 16 aromatic rings. The molecule has 0 radical (unpaired) electrons. The van der Waals surface area contributed by atoms with Gasteiger partial charge in [0.05, 0.1) is 44.5 Å². The molecule has 0 N–H and O–H groups in total. The van der Waals surface area contributed by atoms with Gasteiger partial charge in [0, 0.05) is 83.7 Å². The molecule has 0 saturated heterocycles. The van der Waals surface area contributed by atoms with E-state index in [-0.39, 0.29) is 0 Å². The molecule has 6 heteroatoms. The summed E-state index contributed by atoms with van der Waals surface area (Å²) in [7, 11) is 0. The molecule has 13 aromatic carbocycles. The van der Waals surface area contributed by atoms with Crippen molar-refractivity contribution in [3.8, 4) is 56.1 Å². The number of aromatic nitrogens is 4. The molecule has 0 amide bonds. The summed E-state index contributed by atoms with van der Waals surface area (Å²) < 4.78 is 4.73. The third-order valence-electron chi connectivity index (χ3n) is 16.7. The molecule has 86 heavy (non-hydrogen) atoms. The molecule has 0 saturated carbocycles. The van der Waals surface area contributed by atoms with E-state index < -0.39 is 0 Å². The maximum atomic E-state index is 5.70. The van der Waals surface area contributed by atoms with Crippen LogP contribution in [-0.4, -0.2) is 19.1 Å². The zero-order valence-corrected chi connectivity index (χ0v) is 46.9. The number of nitrogens with zero attached hydrogens (tertiary/aromatic N) is 6. The number of anilines is 6. The van der Waals surface area contributed by atoms with Gasteiger partial charge in [0.15, 0.2) is 0 Å². The van der Waals surface area contributed by atoms with Gasteiger partial charge in [-0.15, -0.1) is 0 Å². The number of hydrogen-bond acceptors (Lipinski definition) is 4. The van der Waals surface area contributed by atoms with Crippen molar-refractivity contribution in [2.45, 2.75) is 0 Å². The van der Waals surface area contributed by atoms with E-state index in [1.54, 1.807) is 0 Å². The van der Waals surface area contributed by atoms with Crippen molar-refractivity contribution in [2.75, 3.05) is 9.80 Å². The van der Waals surface area contributed by atoms with Crippen molar-refractivity contribution in [3.63, 3.8) is 0 Å². The van der Waals surface area contributed by atoms with Crippen LogP contribution in [0.2, 0.25) is 0 Å². The molecule has 0 fully saturated rings. The molecule has 0 spiro atoms. The lowest BCUT2D eigenvalue weighted by molar-refractivity contribution is 1.17. The van der Waals surface area contributed by atoms with Crippen molar-refractivity contribution in [3.05, 3.63) is 328 Å². The Balaban J connectivity index is 0.798. The standard InChI is InChI=1S/C80H54N6/c1-4-20-55(21-5-1)58-22-18-23-59(54-58)68-32-19-33-73-80(68)82-79(57-40-44-63(45-41-57)84(61-26-8-3-9-27-61)65-48-52-67(53-49-65)86-76-36-16-12-30-71(76)72-31-13-17-37-77(72)86)78(81-73)56-38-42-62(43-39-56)83(60-24-6-2-7-25-60)64-46-50-66(51-47-64)85-74-34-14-10-28-69(74)70-29-11-15-35-75(70)85/h1-54H. The van der Waals surface area contributed by atoms with Crippen LogP contribution in [0.25, 0.3) is 111 Å². The average molecular weight is 1100 g/mol. The molecule has 0 bridgehead atoms. The summed E-state index contributed by atoms with van der Waals surface area (Å²) in [5.41, 5.74) is 22.8. The van der Waals surface area contributed by atoms with Gasteiger partial charge in [-0.1, -0.05) is 194 Å². The minimum absolute atomic E-state index is 0.797. The molecule has 404 valence electrons. The summed E-state index contributed by atoms with van der Waals surface area (Å²) >= 11 is 0. The molecule has 3 aromatic heterocycles. The topological polar surface area (TPSA) is 42.1 Å². The lowest BCUT2D eigenvalue weighted by Gasteiger charge is -2.26. The van der Waals surface area contributed by atoms with Crippen molar-refractivity contribution in [1.82, 2.24) is 19.1 Å². The summed E-state index contributed by atoms with van der Waals surface area (Å²) in [6, 6.07) is 117. The molecule has 0 aliphatic heterocycles. The van der Waals surface area contributed by atoms with Crippen LogP contribution in [0.1, 0.15) is 0 Å². The molecule has 16 rings (SSSR count). The Kier molecular flexibility index (Phi) is 12.4. The highest BCUT2D eigenvalue weighted by molar-refractivity contribution is 6.10. The Bertz CT molecular complexity index is 5030. The first-order chi connectivity index (χ1) is 42.7. The predicted molar refractivity (Wildman–Crippen MR) is 359 cm³/mol. The first kappa shape index (κ1) is 50.2. The van der Waals surface area contributed by atoms with Gasteiger partial charge >= 0.3 is 0 Å². The Morgan fingerprint density at radius 1 is 0.233 bits per heavy atom. The number of benzene rings is 13.